The van der Waals surface area contributed by atoms with E-state index in [0.29, 0.717) is 23.0 Å². The molecule has 2 aliphatic rings. The summed E-state index contributed by atoms with van der Waals surface area (Å²) in [6, 6.07) is 17.8. The summed E-state index contributed by atoms with van der Waals surface area (Å²) >= 11 is 6.02. The predicted molar refractivity (Wildman–Crippen MR) is 123 cm³/mol. The first-order valence-electron chi connectivity index (χ1n) is 10.5. The Morgan fingerprint density at radius 3 is 2.61 bits per heavy atom. The number of hydrazone groups is 1. The van der Waals surface area contributed by atoms with Crippen LogP contribution in [0.5, 0.6) is 5.75 Å². The Balaban J connectivity index is 1.44. The molecular formula is C24H21ClN4O4. The van der Waals surface area contributed by atoms with Gasteiger partial charge in [-0.05, 0) is 42.0 Å². The van der Waals surface area contributed by atoms with Crippen LogP contribution in [-0.2, 0) is 9.59 Å². The van der Waals surface area contributed by atoms with Gasteiger partial charge in [0.15, 0.2) is 6.10 Å². The van der Waals surface area contributed by atoms with Gasteiger partial charge in [-0.1, -0.05) is 35.9 Å². The smallest absolute Gasteiger partial charge is 0.262 e. The van der Waals surface area contributed by atoms with E-state index >= 15 is 0 Å². The lowest BCUT2D eigenvalue weighted by atomic mass is 10.0. The lowest BCUT2D eigenvalue weighted by Gasteiger charge is -2.35. The van der Waals surface area contributed by atoms with Crippen molar-refractivity contribution in [2.75, 3.05) is 18.0 Å². The number of benzene rings is 2. The van der Waals surface area contributed by atoms with Gasteiger partial charge >= 0.3 is 0 Å². The second-order valence-corrected chi connectivity index (χ2v) is 8.32. The lowest BCUT2D eigenvalue weighted by Crippen LogP contribution is -2.50. The van der Waals surface area contributed by atoms with Gasteiger partial charge in [-0.25, -0.2) is 5.01 Å². The molecule has 2 aromatic carbocycles. The Morgan fingerprint density at radius 1 is 1.09 bits per heavy atom. The van der Waals surface area contributed by atoms with E-state index in [-0.39, 0.29) is 25.0 Å². The van der Waals surface area contributed by atoms with E-state index in [4.69, 9.17) is 26.5 Å². The van der Waals surface area contributed by atoms with E-state index < -0.39 is 12.0 Å². The number of para-hydroxylation sites is 2. The molecule has 33 heavy (non-hydrogen) atoms. The second kappa shape index (κ2) is 8.63. The van der Waals surface area contributed by atoms with Crippen molar-refractivity contribution in [2.24, 2.45) is 10.8 Å². The predicted octanol–water partition coefficient (Wildman–Crippen LogP) is 3.36. The average Bonchev–Trinajstić information content (AvgIpc) is 3.49. The molecule has 168 valence electrons. The van der Waals surface area contributed by atoms with E-state index in [9.17, 15) is 9.59 Å². The molecule has 5 rings (SSSR count). The van der Waals surface area contributed by atoms with Crippen LogP contribution in [0.3, 0.4) is 0 Å². The summed E-state index contributed by atoms with van der Waals surface area (Å²) in [7, 11) is 0. The first-order chi connectivity index (χ1) is 16.0. The number of hydrogen-bond donors (Lipinski definition) is 1. The highest BCUT2D eigenvalue weighted by atomic mass is 35.5. The molecule has 2 amide bonds. The van der Waals surface area contributed by atoms with Gasteiger partial charge in [0.2, 0.25) is 0 Å². The summed E-state index contributed by atoms with van der Waals surface area (Å²) in [5, 5.41) is 6.73. The molecule has 0 aliphatic carbocycles. The zero-order valence-corrected chi connectivity index (χ0v) is 18.3. The summed E-state index contributed by atoms with van der Waals surface area (Å²) in [5.41, 5.74) is 7.86. The number of nitrogens with zero attached hydrogens (tertiary/aromatic N) is 3. The molecule has 0 saturated carbocycles. The molecule has 3 heterocycles. The largest absolute Gasteiger partial charge is 0.477 e. The molecule has 8 nitrogen and oxygen atoms in total. The maximum absolute atomic E-state index is 13.5. The topological polar surface area (TPSA) is 101 Å². The van der Waals surface area contributed by atoms with Crippen molar-refractivity contribution < 1.29 is 18.7 Å². The molecular weight excluding hydrogens is 444 g/mol. The highest BCUT2D eigenvalue weighted by Gasteiger charge is 2.37. The van der Waals surface area contributed by atoms with Crippen molar-refractivity contribution in [1.29, 1.82) is 0 Å². The molecule has 0 spiro atoms. The summed E-state index contributed by atoms with van der Waals surface area (Å²) in [4.78, 5) is 27.1. The maximum Gasteiger partial charge on any atom is 0.262 e. The highest BCUT2D eigenvalue weighted by Crippen LogP contribution is 2.36. The van der Waals surface area contributed by atoms with Crippen molar-refractivity contribution >= 4 is 34.8 Å². The Bertz CT molecular complexity index is 1210. The summed E-state index contributed by atoms with van der Waals surface area (Å²) < 4.78 is 11.3. The van der Waals surface area contributed by atoms with Crippen LogP contribution in [0.25, 0.3) is 0 Å². The van der Waals surface area contributed by atoms with Crippen LogP contribution in [0, 0.1) is 0 Å². The molecule has 0 saturated heterocycles. The molecule has 2 aliphatic heterocycles. The number of rotatable bonds is 5. The number of fused-ring (bicyclic) bond motifs is 1. The third-order valence-corrected chi connectivity index (χ3v) is 5.97. The standard InChI is InChI=1S/C24H21ClN4O4/c25-16-9-7-15(8-10-16)17-12-19(20-6-3-11-32-20)29(27-17)23(30)14-28-13-22(24(26)31)33-21-5-2-1-4-18(21)28/h1-11,19,22H,12-14H2,(H2,26,31)/t19-,22-/m0/s1. The zero-order valence-electron chi connectivity index (χ0n) is 17.6. The first kappa shape index (κ1) is 21.1. The van der Waals surface area contributed by atoms with Gasteiger partial charge in [-0.2, -0.15) is 5.10 Å². The van der Waals surface area contributed by atoms with Crippen LogP contribution < -0.4 is 15.4 Å². The number of halogens is 1. The van der Waals surface area contributed by atoms with Gasteiger partial charge < -0.3 is 19.8 Å². The number of primary amides is 1. The van der Waals surface area contributed by atoms with Crippen LogP contribution >= 0.6 is 11.6 Å². The van der Waals surface area contributed by atoms with E-state index in [2.05, 4.69) is 5.10 Å². The summed E-state index contributed by atoms with van der Waals surface area (Å²) in [6.45, 7) is 0.170. The van der Waals surface area contributed by atoms with Crippen molar-refractivity contribution in [3.63, 3.8) is 0 Å². The number of hydrogen-bond acceptors (Lipinski definition) is 6. The number of carbonyl (C=O) groups excluding carboxylic acids is 2. The van der Waals surface area contributed by atoms with Crippen LogP contribution in [0.15, 0.2) is 76.4 Å². The molecule has 2 N–H and O–H groups in total. The molecule has 9 heteroatoms. The van der Waals surface area contributed by atoms with Crippen LogP contribution in [0.1, 0.15) is 23.8 Å². The Hall–Kier alpha value is -3.78. The van der Waals surface area contributed by atoms with Gasteiger partial charge in [0.25, 0.3) is 11.8 Å². The number of carbonyl (C=O) groups is 2. The van der Waals surface area contributed by atoms with Gasteiger partial charge in [0.1, 0.15) is 17.6 Å². The van der Waals surface area contributed by atoms with E-state index in [1.54, 1.807) is 41.5 Å². The van der Waals surface area contributed by atoms with Gasteiger partial charge in [-0.15, -0.1) is 0 Å². The van der Waals surface area contributed by atoms with Crippen LogP contribution in [0.2, 0.25) is 5.02 Å². The van der Waals surface area contributed by atoms with E-state index in [1.807, 2.05) is 30.3 Å². The van der Waals surface area contributed by atoms with Crippen molar-refractivity contribution in [2.45, 2.75) is 18.6 Å². The second-order valence-electron chi connectivity index (χ2n) is 7.88. The minimum absolute atomic E-state index is 0.00123. The van der Waals surface area contributed by atoms with Gasteiger partial charge in [0, 0.05) is 11.4 Å². The Morgan fingerprint density at radius 2 is 1.88 bits per heavy atom. The fourth-order valence-electron chi connectivity index (χ4n) is 4.10. The van der Waals surface area contributed by atoms with E-state index in [1.165, 1.54) is 5.01 Å². The quantitative estimate of drug-likeness (QED) is 0.623. The Labute approximate surface area is 195 Å². The minimum atomic E-state index is -0.847. The molecule has 1 aromatic heterocycles. The number of amides is 2. The first-order valence-corrected chi connectivity index (χ1v) is 10.9. The summed E-state index contributed by atoms with van der Waals surface area (Å²) in [5.74, 6) is 0.336. The minimum Gasteiger partial charge on any atom is -0.477 e. The van der Waals surface area contributed by atoms with Gasteiger partial charge in [0.05, 0.1) is 30.8 Å². The molecule has 0 unspecified atom stereocenters. The van der Waals surface area contributed by atoms with Gasteiger partial charge in [-0.3, -0.25) is 9.59 Å². The monoisotopic (exact) mass is 464 g/mol. The fraction of sp³-hybridized carbons (Fsp3) is 0.208. The molecule has 0 fully saturated rings. The number of nitrogens with two attached hydrogens (primary N) is 1. The number of anilines is 1. The Kier molecular flexibility index (Phi) is 5.51. The normalized spacial score (nSPS) is 19.6. The lowest BCUT2D eigenvalue weighted by molar-refractivity contribution is -0.132. The molecule has 3 aromatic rings. The molecule has 2 atom stereocenters. The number of furan rings is 1. The van der Waals surface area contributed by atoms with Crippen molar-refractivity contribution in [3.8, 4) is 5.75 Å². The highest BCUT2D eigenvalue weighted by molar-refractivity contribution is 6.30. The SMILES string of the molecule is NC(=O)[C@@H]1CN(CC(=O)N2N=C(c3ccc(Cl)cc3)C[C@H]2c2ccco2)c2ccccc2O1. The average molecular weight is 465 g/mol. The third kappa shape index (κ3) is 4.17. The number of ether oxygens (including phenoxy) is 1. The zero-order chi connectivity index (χ0) is 22.9. The van der Waals surface area contributed by atoms with E-state index in [0.717, 1.165) is 17.0 Å². The third-order valence-electron chi connectivity index (χ3n) is 5.72. The van der Waals surface area contributed by atoms with Crippen molar-refractivity contribution in [3.05, 3.63) is 83.3 Å². The van der Waals surface area contributed by atoms with Crippen molar-refractivity contribution in [1.82, 2.24) is 5.01 Å². The maximum atomic E-state index is 13.5. The molecule has 0 bridgehead atoms. The summed E-state index contributed by atoms with van der Waals surface area (Å²) in [6.07, 6.45) is 1.23. The fourth-order valence-corrected chi connectivity index (χ4v) is 4.23. The molecule has 0 radical (unpaired) electrons. The van der Waals surface area contributed by atoms with Crippen LogP contribution in [-0.4, -0.2) is 41.7 Å². The van der Waals surface area contributed by atoms with Crippen LogP contribution in [0.4, 0.5) is 5.69 Å².